The number of benzene rings is 1. The third-order valence-corrected chi connectivity index (χ3v) is 8.05. The maximum absolute atomic E-state index is 10.6. The van der Waals surface area contributed by atoms with E-state index < -0.39 is 0 Å². The van der Waals surface area contributed by atoms with Crippen LogP contribution in [0.2, 0.25) is 0 Å². The quantitative estimate of drug-likeness (QED) is 0.872. The fraction of sp³-hybridized carbons (Fsp3) is 0.739. The van der Waals surface area contributed by atoms with Gasteiger partial charge in [0.15, 0.2) is 11.5 Å². The molecule has 2 heterocycles. The van der Waals surface area contributed by atoms with E-state index in [1.165, 1.54) is 36.9 Å². The van der Waals surface area contributed by atoms with E-state index in [2.05, 4.69) is 24.8 Å². The first-order valence-electron chi connectivity index (χ1n) is 10.9. The van der Waals surface area contributed by atoms with Crippen LogP contribution >= 0.6 is 0 Å². The minimum Gasteiger partial charge on any atom is -0.504 e. The van der Waals surface area contributed by atoms with Crippen LogP contribution in [0.15, 0.2) is 12.1 Å². The number of hydrogen-bond donors (Lipinski definition) is 1. The summed E-state index contributed by atoms with van der Waals surface area (Å²) in [5.41, 5.74) is 2.63. The highest BCUT2D eigenvalue weighted by atomic mass is 16.5. The number of aryl methyl sites for hydroxylation is 1. The molecule has 1 spiro atoms. The number of hydrogen-bond acceptors (Lipinski definition) is 4. The van der Waals surface area contributed by atoms with E-state index in [0.29, 0.717) is 17.7 Å². The number of likely N-dealkylation sites (tertiary alicyclic amines) is 1. The first kappa shape index (κ1) is 17.8. The molecule has 0 amide bonds. The Bertz CT molecular complexity index is 731. The van der Waals surface area contributed by atoms with Gasteiger partial charge in [-0.1, -0.05) is 13.0 Å². The van der Waals surface area contributed by atoms with Crippen molar-refractivity contribution in [3.63, 3.8) is 0 Å². The zero-order valence-corrected chi connectivity index (χ0v) is 16.9. The number of phenols is 1. The summed E-state index contributed by atoms with van der Waals surface area (Å²) in [6, 6.07) is 4.48. The highest BCUT2D eigenvalue weighted by Gasteiger charge is 2.63. The SMILES string of the molecule is CCc1ccc(O)c2c1C13CCN(CC4CC4)C(C)C1CCC(OC)[C@@H]3O2. The van der Waals surface area contributed by atoms with Crippen LogP contribution in [0.5, 0.6) is 11.5 Å². The predicted molar refractivity (Wildman–Crippen MR) is 105 cm³/mol. The summed E-state index contributed by atoms with van der Waals surface area (Å²) in [5.74, 6) is 2.54. The van der Waals surface area contributed by atoms with Crippen LogP contribution in [0.25, 0.3) is 0 Å². The van der Waals surface area contributed by atoms with Gasteiger partial charge in [0.25, 0.3) is 0 Å². The van der Waals surface area contributed by atoms with Crippen LogP contribution in [0.3, 0.4) is 0 Å². The van der Waals surface area contributed by atoms with E-state index in [1.54, 1.807) is 0 Å². The fourth-order valence-corrected chi connectivity index (χ4v) is 6.51. The molecule has 3 fully saturated rings. The average molecular weight is 372 g/mol. The number of ether oxygens (including phenoxy) is 2. The van der Waals surface area contributed by atoms with Crippen molar-refractivity contribution >= 4 is 0 Å². The molecule has 0 bridgehead atoms. The molecule has 1 aromatic rings. The lowest BCUT2D eigenvalue weighted by atomic mass is 9.55. The van der Waals surface area contributed by atoms with E-state index >= 15 is 0 Å². The van der Waals surface area contributed by atoms with Gasteiger partial charge in [-0.15, -0.1) is 0 Å². The van der Waals surface area contributed by atoms with Crippen molar-refractivity contribution in [2.24, 2.45) is 11.8 Å². The number of fused-ring (bicyclic) bond motifs is 1. The van der Waals surface area contributed by atoms with Crippen LogP contribution in [0, 0.1) is 11.8 Å². The lowest BCUT2D eigenvalue weighted by Crippen LogP contribution is -2.64. The Morgan fingerprint density at radius 3 is 2.78 bits per heavy atom. The van der Waals surface area contributed by atoms with Crippen molar-refractivity contribution in [1.82, 2.24) is 4.90 Å². The largest absolute Gasteiger partial charge is 0.504 e. The van der Waals surface area contributed by atoms with E-state index in [0.717, 1.165) is 37.5 Å². The summed E-state index contributed by atoms with van der Waals surface area (Å²) in [6.07, 6.45) is 7.28. The fourth-order valence-electron chi connectivity index (χ4n) is 6.51. The van der Waals surface area contributed by atoms with E-state index in [-0.39, 0.29) is 17.6 Å². The van der Waals surface area contributed by atoms with Gasteiger partial charge < -0.3 is 19.5 Å². The van der Waals surface area contributed by atoms with Crippen molar-refractivity contribution in [3.8, 4) is 11.5 Å². The minimum absolute atomic E-state index is 0.0161. The van der Waals surface area contributed by atoms with Gasteiger partial charge in [-0.3, -0.25) is 0 Å². The summed E-state index contributed by atoms with van der Waals surface area (Å²) in [6.45, 7) is 7.04. The number of piperidine rings is 1. The van der Waals surface area contributed by atoms with Crippen molar-refractivity contribution in [1.29, 1.82) is 0 Å². The summed E-state index contributed by atoms with van der Waals surface area (Å²) in [7, 11) is 1.82. The second-order valence-corrected chi connectivity index (χ2v) is 9.27. The molecule has 2 saturated carbocycles. The van der Waals surface area contributed by atoms with Crippen LogP contribution in [-0.4, -0.2) is 48.5 Å². The average Bonchev–Trinajstić information content (AvgIpc) is 3.43. The van der Waals surface area contributed by atoms with E-state index in [4.69, 9.17) is 9.47 Å². The minimum atomic E-state index is -0.0161. The molecule has 2 aliphatic carbocycles. The second kappa shape index (κ2) is 6.38. The van der Waals surface area contributed by atoms with Crippen LogP contribution in [0.1, 0.15) is 57.1 Å². The van der Waals surface area contributed by atoms with Crippen molar-refractivity contribution in [3.05, 3.63) is 23.3 Å². The van der Waals surface area contributed by atoms with Gasteiger partial charge in [0.05, 0.1) is 6.10 Å². The maximum Gasteiger partial charge on any atom is 0.165 e. The van der Waals surface area contributed by atoms with Crippen LogP contribution in [0.4, 0.5) is 0 Å². The van der Waals surface area contributed by atoms with E-state index in [1.807, 2.05) is 13.2 Å². The molecule has 27 heavy (non-hydrogen) atoms. The van der Waals surface area contributed by atoms with Gasteiger partial charge >= 0.3 is 0 Å². The first-order valence-corrected chi connectivity index (χ1v) is 10.9. The normalized spacial score (nSPS) is 38.0. The molecule has 4 aliphatic rings. The molecule has 0 aromatic heterocycles. The van der Waals surface area contributed by atoms with E-state index in [9.17, 15) is 5.11 Å². The van der Waals surface area contributed by atoms with Gasteiger partial charge in [0.2, 0.25) is 0 Å². The molecular formula is C23H33NO3. The summed E-state index contributed by atoms with van der Waals surface area (Å²) in [5, 5.41) is 10.6. The molecule has 5 rings (SSSR count). The highest BCUT2D eigenvalue weighted by molar-refractivity contribution is 5.59. The monoisotopic (exact) mass is 371 g/mol. The zero-order chi connectivity index (χ0) is 18.8. The Kier molecular flexibility index (Phi) is 4.21. The predicted octanol–water partition coefficient (Wildman–Crippen LogP) is 3.88. The van der Waals surface area contributed by atoms with Crippen LogP contribution in [-0.2, 0) is 16.6 Å². The molecule has 4 unspecified atom stereocenters. The van der Waals surface area contributed by atoms with Gasteiger partial charge in [-0.2, -0.15) is 0 Å². The Morgan fingerprint density at radius 2 is 2.07 bits per heavy atom. The molecular weight excluding hydrogens is 338 g/mol. The summed E-state index contributed by atoms with van der Waals surface area (Å²) >= 11 is 0. The number of phenolic OH excluding ortho intramolecular Hbond substituents is 1. The van der Waals surface area contributed by atoms with Gasteiger partial charge in [0.1, 0.15) is 6.10 Å². The smallest absolute Gasteiger partial charge is 0.165 e. The molecule has 0 radical (unpaired) electrons. The third-order valence-electron chi connectivity index (χ3n) is 8.05. The Balaban J connectivity index is 1.61. The Hall–Kier alpha value is -1.26. The molecule has 1 N–H and O–H groups in total. The molecule has 5 atom stereocenters. The molecule has 1 aromatic carbocycles. The topological polar surface area (TPSA) is 41.9 Å². The standard InChI is InChI=1S/C23H33NO3/c1-4-16-7-9-18(25)21-20(16)23-11-12-24(13-15-5-6-15)14(2)17(23)8-10-19(26-3)22(23)27-21/h7,9,14-15,17,19,22,25H,4-6,8,10-13H2,1-3H3/t14?,17?,19?,22-,23?/m0/s1. The van der Waals surface area contributed by atoms with Crippen molar-refractivity contribution < 1.29 is 14.6 Å². The third kappa shape index (κ3) is 2.49. The highest BCUT2D eigenvalue weighted by Crippen LogP contribution is 2.61. The number of nitrogens with zero attached hydrogens (tertiary/aromatic N) is 1. The summed E-state index contributed by atoms with van der Waals surface area (Å²) in [4.78, 5) is 2.74. The molecule has 4 nitrogen and oxygen atoms in total. The molecule has 148 valence electrons. The lowest BCUT2D eigenvalue weighted by molar-refractivity contribution is -0.109. The zero-order valence-electron chi connectivity index (χ0n) is 16.9. The Labute approximate surface area is 162 Å². The van der Waals surface area contributed by atoms with Gasteiger partial charge in [0, 0.05) is 30.7 Å². The molecule has 2 aliphatic heterocycles. The number of methoxy groups -OCH3 is 1. The van der Waals surface area contributed by atoms with Crippen LogP contribution < -0.4 is 4.74 Å². The van der Waals surface area contributed by atoms with Crippen molar-refractivity contribution in [2.45, 2.75) is 76.0 Å². The summed E-state index contributed by atoms with van der Waals surface area (Å²) < 4.78 is 12.4. The lowest BCUT2D eigenvalue weighted by Gasteiger charge is -2.56. The first-order chi connectivity index (χ1) is 13.1. The number of aromatic hydroxyl groups is 1. The number of rotatable bonds is 4. The molecule has 1 saturated heterocycles. The van der Waals surface area contributed by atoms with Crippen molar-refractivity contribution in [2.75, 3.05) is 20.2 Å². The Morgan fingerprint density at radius 1 is 1.26 bits per heavy atom. The van der Waals surface area contributed by atoms with Gasteiger partial charge in [-0.05, 0) is 75.5 Å². The molecule has 4 heteroatoms. The maximum atomic E-state index is 10.6. The second-order valence-electron chi connectivity index (χ2n) is 9.27. The van der Waals surface area contributed by atoms with Gasteiger partial charge in [-0.25, -0.2) is 0 Å².